The molecule has 0 radical (unpaired) electrons. The highest BCUT2D eigenvalue weighted by Crippen LogP contribution is 2.57. The Balaban J connectivity index is 2.72. The summed E-state index contributed by atoms with van der Waals surface area (Å²) >= 11 is 8.82. The first kappa shape index (κ1) is 17.3. The molecular formula is C15H24ClIO2. The number of rotatable bonds is 5. The molecule has 2 atom stereocenters. The SMILES string of the molecule is C=C(C)C(=O)OCCC1(C(Cl)I)CCCCC1(C)C. The molecule has 0 bridgehead atoms. The van der Waals surface area contributed by atoms with E-state index in [2.05, 4.69) is 43.0 Å². The minimum atomic E-state index is -0.302. The average Bonchev–Trinajstić information content (AvgIpc) is 2.30. The normalized spacial score (nSPS) is 27.6. The van der Waals surface area contributed by atoms with Gasteiger partial charge in [-0.2, -0.15) is 0 Å². The van der Waals surface area contributed by atoms with Crippen molar-refractivity contribution in [3.05, 3.63) is 12.2 Å². The lowest BCUT2D eigenvalue weighted by Gasteiger charge is -2.51. The molecule has 4 heteroatoms. The molecule has 1 fully saturated rings. The van der Waals surface area contributed by atoms with Gasteiger partial charge in [0, 0.05) is 11.0 Å². The van der Waals surface area contributed by atoms with Crippen molar-refractivity contribution < 1.29 is 9.53 Å². The molecule has 0 aromatic carbocycles. The Morgan fingerprint density at radius 2 is 2.00 bits per heavy atom. The van der Waals surface area contributed by atoms with Crippen molar-refractivity contribution in [1.29, 1.82) is 0 Å². The number of hydrogen-bond donors (Lipinski definition) is 0. The number of esters is 1. The molecule has 0 aromatic heterocycles. The van der Waals surface area contributed by atoms with Gasteiger partial charge in [-0.25, -0.2) is 4.79 Å². The summed E-state index contributed by atoms with van der Waals surface area (Å²) in [5.41, 5.74) is 0.686. The summed E-state index contributed by atoms with van der Waals surface area (Å²) in [6, 6.07) is 0. The minimum Gasteiger partial charge on any atom is -0.462 e. The minimum absolute atomic E-state index is 0.0444. The third-order valence-electron chi connectivity index (χ3n) is 4.57. The Kier molecular flexibility index (Phi) is 6.18. The van der Waals surface area contributed by atoms with Gasteiger partial charge >= 0.3 is 5.97 Å². The molecule has 110 valence electrons. The predicted octanol–water partition coefficient (Wildman–Crippen LogP) is 5.08. The van der Waals surface area contributed by atoms with Crippen LogP contribution in [0.2, 0.25) is 0 Å². The van der Waals surface area contributed by atoms with E-state index in [1.165, 1.54) is 19.3 Å². The van der Waals surface area contributed by atoms with Crippen molar-refractivity contribution >= 4 is 40.2 Å². The molecule has 0 aromatic rings. The number of halogens is 2. The quantitative estimate of drug-likeness (QED) is 0.279. The zero-order valence-corrected chi connectivity index (χ0v) is 15.0. The maximum absolute atomic E-state index is 11.5. The molecular weight excluding hydrogens is 375 g/mol. The Bertz CT molecular complexity index is 352. The van der Waals surface area contributed by atoms with Gasteiger partial charge in [0.1, 0.15) is 0 Å². The smallest absolute Gasteiger partial charge is 0.333 e. The molecule has 2 nitrogen and oxygen atoms in total. The van der Waals surface area contributed by atoms with Crippen LogP contribution in [-0.2, 0) is 9.53 Å². The first-order valence-electron chi connectivity index (χ1n) is 6.84. The van der Waals surface area contributed by atoms with Crippen LogP contribution in [0, 0.1) is 10.8 Å². The molecule has 0 saturated heterocycles. The lowest BCUT2D eigenvalue weighted by atomic mass is 9.57. The van der Waals surface area contributed by atoms with E-state index in [9.17, 15) is 4.79 Å². The summed E-state index contributed by atoms with van der Waals surface area (Å²) in [5.74, 6) is -0.302. The van der Waals surface area contributed by atoms with E-state index in [-0.39, 0.29) is 20.2 Å². The molecule has 2 unspecified atom stereocenters. The van der Waals surface area contributed by atoms with Gasteiger partial charge in [-0.3, -0.25) is 0 Å². The van der Waals surface area contributed by atoms with Gasteiger partial charge in [-0.15, -0.1) is 11.6 Å². The van der Waals surface area contributed by atoms with Crippen LogP contribution >= 0.6 is 34.2 Å². The van der Waals surface area contributed by atoms with Crippen LogP contribution in [0.5, 0.6) is 0 Å². The van der Waals surface area contributed by atoms with Gasteiger partial charge in [-0.1, -0.05) is 55.9 Å². The van der Waals surface area contributed by atoms with Crippen LogP contribution in [0.25, 0.3) is 0 Å². The first-order chi connectivity index (χ1) is 8.73. The summed E-state index contributed by atoms with van der Waals surface area (Å²) in [6.45, 7) is 10.3. The van der Waals surface area contributed by atoms with E-state index in [4.69, 9.17) is 16.3 Å². The molecule has 0 aliphatic heterocycles. The van der Waals surface area contributed by atoms with E-state index < -0.39 is 0 Å². The summed E-state index contributed by atoms with van der Waals surface area (Å²) in [6.07, 6.45) is 5.61. The van der Waals surface area contributed by atoms with Gasteiger partial charge < -0.3 is 4.74 Å². The Morgan fingerprint density at radius 3 is 2.47 bits per heavy atom. The summed E-state index contributed by atoms with van der Waals surface area (Å²) < 4.78 is 5.33. The maximum Gasteiger partial charge on any atom is 0.333 e. The fourth-order valence-electron chi connectivity index (χ4n) is 3.02. The largest absolute Gasteiger partial charge is 0.462 e. The lowest BCUT2D eigenvalue weighted by molar-refractivity contribution is -0.140. The topological polar surface area (TPSA) is 26.3 Å². The van der Waals surface area contributed by atoms with Crippen LogP contribution < -0.4 is 0 Å². The average molecular weight is 399 g/mol. The van der Waals surface area contributed by atoms with Gasteiger partial charge in [0.2, 0.25) is 0 Å². The lowest BCUT2D eigenvalue weighted by Crippen LogP contribution is -2.46. The van der Waals surface area contributed by atoms with Crippen molar-refractivity contribution in [2.45, 2.75) is 56.3 Å². The first-order valence-corrected chi connectivity index (χ1v) is 8.52. The van der Waals surface area contributed by atoms with Gasteiger partial charge in [-0.05, 0) is 31.6 Å². The van der Waals surface area contributed by atoms with Gasteiger partial charge in [0.05, 0.1) is 9.99 Å². The number of hydrogen-bond acceptors (Lipinski definition) is 2. The van der Waals surface area contributed by atoms with Gasteiger partial charge in [0.25, 0.3) is 0 Å². The van der Waals surface area contributed by atoms with E-state index >= 15 is 0 Å². The number of carbonyl (C=O) groups is 1. The third kappa shape index (κ3) is 3.87. The zero-order chi connectivity index (χ0) is 14.7. The Hall–Kier alpha value is 0.230. The van der Waals surface area contributed by atoms with Crippen LogP contribution in [0.3, 0.4) is 0 Å². The zero-order valence-electron chi connectivity index (χ0n) is 12.1. The fraction of sp³-hybridized carbons (Fsp3) is 0.800. The number of carbonyl (C=O) groups excluding carboxylic acids is 1. The van der Waals surface area contributed by atoms with Crippen LogP contribution in [0.4, 0.5) is 0 Å². The second kappa shape index (κ2) is 6.79. The number of ether oxygens (including phenoxy) is 1. The van der Waals surface area contributed by atoms with Crippen molar-refractivity contribution in [2.75, 3.05) is 6.61 Å². The van der Waals surface area contributed by atoms with Crippen molar-refractivity contribution in [3.63, 3.8) is 0 Å². The standard InChI is InChI=1S/C15H24ClIO2/c1-11(2)12(18)19-10-9-15(13(16)17)8-6-5-7-14(15,3)4/h13H,1,5-10H2,2-4H3. The third-order valence-corrected chi connectivity index (χ3v) is 6.18. The summed E-state index contributed by atoms with van der Waals surface area (Å²) in [5, 5.41) is 0. The molecule has 1 aliphatic carbocycles. The van der Waals surface area contributed by atoms with Gasteiger partial charge in [0.15, 0.2) is 0 Å². The molecule has 1 aliphatic rings. The van der Waals surface area contributed by atoms with Crippen LogP contribution in [-0.4, -0.2) is 16.0 Å². The molecule has 19 heavy (non-hydrogen) atoms. The second-order valence-electron chi connectivity index (χ2n) is 6.21. The van der Waals surface area contributed by atoms with Crippen molar-refractivity contribution in [2.24, 2.45) is 10.8 Å². The second-order valence-corrected chi connectivity index (χ2v) is 8.63. The molecule has 0 heterocycles. The Morgan fingerprint density at radius 1 is 1.42 bits per heavy atom. The van der Waals surface area contributed by atoms with Crippen molar-refractivity contribution in [3.8, 4) is 0 Å². The fourth-order valence-corrected chi connectivity index (χ4v) is 5.00. The highest BCUT2D eigenvalue weighted by Gasteiger charge is 2.50. The van der Waals surface area contributed by atoms with Crippen LogP contribution in [0.15, 0.2) is 12.2 Å². The van der Waals surface area contributed by atoms with E-state index in [0.717, 1.165) is 12.8 Å². The predicted molar refractivity (Wildman–Crippen MR) is 88.7 cm³/mol. The number of alkyl halides is 2. The monoisotopic (exact) mass is 398 g/mol. The van der Waals surface area contributed by atoms with E-state index in [1.807, 2.05) is 0 Å². The molecule has 1 rings (SSSR count). The maximum atomic E-state index is 11.5. The van der Waals surface area contributed by atoms with Crippen molar-refractivity contribution in [1.82, 2.24) is 0 Å². The molecule has 0 spiro atoms. The van der Waals surface area contributed by atoms with Crippen LogP contribution in [0.1, 0.15) is 52.9 Å². The summed E-state index contributed by atoms with van der Waals surface area (Å²) in [7, 11) is 0. The van der Waals surface area contributed by atoms with E-state index in [0.29, 0.717) is 12.2 Å². The highest BCUT2D eigenvalue weighted by atomic mass is 127. The Labute approximate surface area is 135 Å². The highest BCUT2D eigenvalue weighted by molar-refractivity contribution is 14.1. The van der Waals surface area contributed by atoms with E-state index in [1.54, 1.807) is 6.92 Å². The molecule has 1 saturated carbocycles. The molecule has 0 N–H and O–H groups in total. The molecule has 0 amide bonds. The summed E-state index contributed by atoms with van der Waals surface area (Å²) in [4.78, 5) is 11.5.